The molecule has 2 aromatic heterocycles. The Balaban J connectivity index is 1.74. The maximum absolute atomic E-state index is 11.5. The largest absolute Gasteiger partial charge is 0.746 e. The van der Waals surface area contributed by atoms with Gasteiger partial charge in [0.2, 0.25) is 0 Å². The number of nitrogens with two attached hydrogens (primary N) is 1. The van der Waals surface area contributed by atoms with Crippen molar-refractivity contribution in [2.75, 3.05) is 12.3 Å². The summed E-state index contributed by atoms with van der Waals surface area (Å²) >= 11 is 0. The molecule has 1 unspecified atom stereocenters. The quantitative estimate of drug-likeness (QED) is 0.366. The monoisotopic (exact) mass is 400 g/mol. The maximum atomic E-state index is 11.5. The second-order valence-corrected chi connectivity index (χ2v) is 6.82. The lowest BCUT2D eigenvalue weighted by Gasteiger charge is -2.23. The zero-order chi connectivity index (χ0) is 19.8. The number of rotatable bonds is 6. The Morgan fingerprint density at radius 3 is 2.89 bits per heavy atom. The van der Waals surface area contributed by atoms with Crippen LogP contribution < -0.4 is 10.6 Å². The second-order valence-electron chi connectivity index (χ2n) is 5.49. The molecule has 2 aromatic rings. The van der Waals surface area contributed by atoms with Crippen LogP contribution in [0.2, 0.25) is 0 Å². The summed E-state index contributed by atoms with van der Waals surface area (Å²) in [6, 6.07) is 0. The van der Waals surface area contributed by atoms with Gasteiger partial charge in [0, 0.05) is 6.08 Å². The lowest BCUT2D eigenvalue weighted by molar-refractivity contribution is -0.226. The summed E-state index contributed by atoms with van der Waals surface area (Å²) in [5, 5.41) is 20.4. The molecule has 0 aliphatic carbocycles. The lowest BCUT2D eigenvalue weighted by atomic mass is 10.1. The molecule has 0 saturated carbocycles. The molecular weight excluding hydrogens is 385 g/mol. The Morgan fingerprint density at radius 2 is 2.19 bits per heavy atom. The van der Waals surface area contributed by atoms with Gasteiger partial charge in [-0.25, -0.2) is 19.7 Å². The first-order valence-corrected chi connectivity index (χ1v) is 8.95. The molecule has 0 bridgehead atoms. The number of aliphatic hydroxyl groups is 2. The normalized spacial score (nSPS) is 27.4. The van der Waals surface area contributed by atoms with Crippen LogP contribution in [0.4, 0.5) is 5.82 Å². The fraction of sp³-hybridized carbons (Fsp3) is 0.385. The number of hydrogen-bond acceptors (Lipinski definition) is 12. The van der Waals surface area contributed by atoms with Crippen LogP contribution in [0.1, 0.15) is 6.23 Å². The number of nitrogen functional groups attached to an aromatic ring is 1. The minimum Gasteiger partial charge on any atom is -0.746 e. The van der Waals surface area contributed by atoms with Gasteiger partial charge in [-0.15, -0.1) is 0 Å². The van der Waals surface area contributed by atoms with Crippen molar-refractivity contribution in [2.24, 2.45) is 0 Å². The number of ether oxygens (including phenoxy) is 1. The molecule has 1 fully saturated rings. The van der Waals surface area contributed by atoms with E-state index in [1.807, 2.05) is 0 Å². The Bertz CT molecular complexity index is 919. The van der Waals surface area contributed by atoms with Crippen LogP contribution in [0.3, 0.4) is 0 Å². The number of aromatic nitrogens is 4. The van der Waals surface area contributed by atoms with Gasteiger partial charge in [0.1, 0.15) is 30.2 Å². The van der Waals surface area contributed by atoms with Gasteiger partial charge < -0.3 is 34.6 Å². The van der Waals surface area contributed by atoms with Crippen LogP contribution >= 0.6 is 7.82 Å². The molecular formula is C13H15N5O8P-. The van der Waals surface area contributed by atoms with E-state index in [0.717, 1.165) is 0 Å². The van der Waals surface area contributed by atoms with Crippen molar-refractivity contribution >= 4 is 30.8 Å². The van der Waals surface area contributed by atoms with Crippen LogP contribution in [-0.2, 0) is 23.1 Å². The van der Waals surface area contributed by atoms with Crippen LogP contribution in [0.5, 0.6) is 0 Å². The number of carbonyl (C=O) groups excluding carboxylic acids is 1. The van der Waals surface area contributed by atoms with Crippen LogP contribution in [0.15, 0.2) is 25.3 Å². The fourth-order valence-electron chi connectivity index (χ4n) is 2.49. The summed E-state index contributed by atoms with van der Waals surface area (Å²) in [4.78, 5) is 34.3. The fourth-order valence-corrected chi connectivity index (χ4v) is 3.17. The summed E-state index contributed by atoms with van der Waals surface area (Å²) in [6.45, 7) is 2.35. The predicted octanol–water partition coefficient (Wildman–Crippen LogP) is -1.76. The van der Waals surface area contributed by atoms with Crippen molar-refractivity contribution in [1.29, 1.82) is 0 Å². The number of phosphoric acid groups is 1. The predicted molar refractivity (Wildman–Crippen MR) is 85.5 cm³/mol. The summed E-state index contributed by atoms with van der Waals surface area (Å²) in [7, 11) is -4.99. The van der Waals surface area contributed by atoms with E-state index in [1.54, 1.807) is 0 Å². The summed E-state index contributed by atoms with van der Waals surface area (Å²) < 4.78 is 26.9. The molecule has 13 nitrogen and oxygen atoms in total. The van der Waals surface area contributed by atoms with E-state index in [1.165, 1.54) is 17.2 Å². The minimum absolute atomic E-state index is 0.114. The van der Waals surface area contributed by atoms with Crippen LogP contribution in [-0.4, -0.2) is 60.6 Å². The van der Waals surface area contributed by atoms with Gasteiger partial charge in [-0.05, 0) is 0 Å². The number of anilines is 1. The molecule has 14 heteroatoms. The highest BCUT2D eigenvalue weighted by Gasteiger charge is 2.45. The number of fused-ring (bicyclic) bond motifs is 1. The van der Waals surface area contributed by atoms with Gasteiger partial charge in [0.15, 0.2) is 17.7 Å². The highest BCUT2D eigenvalue weighted by Crippen LogP contribution is 2.40. The number of carbonyl (C=O) groups is 1. The Labute approximate surface area is 151 Å². The number of hydrogen-bond donors (Lipinski definition) is 3. The summed E-state index contributed by atoms with van der Waals surface area (Å²) in [5.41, 5.74) is 6.20. The van der Waals surface area contributed by atoms with E-state index in [4.69, 9.17) is 10.5 Å². The van der Waals surface area contributed by atoms with E-state index in [-0.39, 0.29) is 17.0 Å². The van der Waals surface area contributed by atoms with Crippen LogP contribution in [0.25, 0.3) is 11.2 Å². The third kappa shape index (κ3) is 3.83. The number of nitrogens with zero attached hydrogens (tertiary/aromatic N) is 4. The second kappa shape index (κ2) is 7.31. The average molecular weight is 400 g/mol. The zero-order valence-electron chi connectivity index (χ0n) is 13.6. The smallest absolute Gasteiger partial charge is 0.335 e. The van der Waals surface area contributed by atoms with Gasteiger partial charge in [-0.3, -0.25) is 9.13 Å². The molecule has 0 aromatic carbocycles. The van der Waals surface area contributed by atoms with Gasteiger partial charge in [0.25, 0.3) is 0 Å². The first-order chi connectivity index (χ1) is 12.7. The molecule has 0 radical (unpaired) electrons. The third-order valence-electron chi connectivity index (χ3n) is 3.76. The Hall–Kier alpha value is -2.41. The van der Waals surface area contributed by atoms with Crippen molar-refractivity contribution in [3.63, 3.8) is 0 Å². The van der Waals surface area contributed by atoms with Crippen LogP contribution in [0, 0.1) is 0 Å². The van der Waals surface area contributed by atoms with Gasteiger partial charge in [-0.2, -0.15) is 0 Å². The molecule has 4 N–H and O–H groups in total. The number of imidazole rings is 1. The van der Waals surface area contributed by atoms with E-state index < -0.39 is 44.9 Å². The first-order valence-electron chi connectivity index (χ1n) is 7.49. The SMILES string of the molecule is C=CC(=O)OP(=O)([O-])OC[C@H]1O[C@@H](n2cnc3c(N)ncnc32)[C@H](O)[C@@H]1O. The van der Waals surface area contributed by atoms with Gasteiger partial charge >= 0.3 is 13.8 Å². The molecule has 1 aliphatic rings. The maximum Gasteiger partial charge on any atom is 0.335 e. The van der Waals surface area contributed by atoms with E-state index in [0.29, 0.717) is 6.08 Å². The molecule has 1 aliphatic heterocycles. The van der Waals surface area contributed by atoms with E-state index >= 15 is 0 Å². The number of aliphatic hydroxyl groups excluding tert-OH is 2. The molecule has 0 spiro atoms. The highest BCUT2D eigenvalue weighted by molar-refractivity contribution is 7.46. The highest BCUT2D eigenvalue weighted by atomic mass is 31.2. The van der Waals surface area contributed by atoms with E-state index in [9.17, 15) is 24.5 Å². The standard InChI is InChI=1S/C13H16N5O8P/c1-2-7(19)26-27(22,23)24-3-6-9(20)10(21)13(25-6)18-5-17-8-11(14)15-4-16-12(8)18/h2,4-6,9-10,13,20-21H,1,3H2,(H,22,23)(H2,14,15,16)/p-1/t6-,9-,10-,13-/m1/s1. The molecule has 3 rings (SSSR count). The molecule has 146 valence electrons. The number of phosphoric ester groups is 1. The molecule has 27 heavy (non-hydrogen) atoms. The zero-order valence-corrected chi connectivity index (χ0v) is 14.5. The van der Waals surface area contributed by atoms with Gasteiger partial charge in [-0.1, -0.05) is 6.58 Å². The molecule has 5 atom stereocenters. The topological polar surface area (TPSA) is 195 Å². The molecule has 3 heterocycles. The summed E-state index contributed by atoms with van der Waals surface area (Å²) in [5.74, 6) is -1.11. The van der Waals surface area contributed by atoms with Crippen molar-refractivity contribution < 1.29 is 38.3 Å². The third-order valence-corrected chi connectivity index (χ3v) is 4.63. The molecule has 0 amide bonds. The Kier molecular flexibility index (Phi) is 5.24. The van der Waals surface area contributed by atoms with Crippen molar-refractivity contribution in [3.8, 4) is 0 Å². The van der Waals surface area contributed by atoms with Crippen molar-refractivity contribution in [1.82, 2.24) is 19.5 Å². The van der Waals surface area contributed by atoms with E-state index in [2.05, 4.69) is 30.6 Å². The first kappa shape index (κ1) is 19.4. The Morgan fingerprint density at radius 1 is 1.44 bits per heavy atom. The average Bonchev–Trinajstić information content (AvgIpc) is 3.16. The lowest BCUT2D eigenvalue weighted by Crippen LogP contribution is -2.34. The molecule has 1 saturated heterocycles. The van der Waals surface area contributed by atoms with Crippen molar-refractivity contribution in [2.45, 2.75) is 24.5 Å². The minimum atomic E-state index is -4.99. The van der Waals surface area contributed by atoms with Gasteiger partial charge in [0.05, 0.1) is 12.9 Å². The summed E-state index contributed by atoms with van der Waals surface area (Å²) in [6.07, 6.45) is -2.22. The van der Waals surface area contributed by atoms with Crippen molar-refractivity contribution in [3.05, 3.63) is 25.3 Å².